The van der Waals surface area contributed by atoms with E-state index in [4.69, 9.17) is 4.99 Å². The van der Waals surface area contributed by atoms with Crippen molar-refractivity contribution in [3.8, 4) is 0 Å². The van der Waals surface area contributed by atoms with Crippen LogP contribution in [-0.2, 0) is 13.0 Å². The van der Waals surface area contributed by atoms with E-state index in [0.717, 1.165) is 38.6 Å². The first-order valence-corrected chi connectivity index (χ1v) is 11.7. The van der Waals surface area contributed by atoms with Gasteiger partial charge in [0.25, 0.3) is 0 Å². The predicted molar refractivity (Wildman–Crippen MR) is 125 cm³/mol. The first-order valence-electron chi connectivity index (χ1n) is 11.7. The Hall–Kier alpha value is -1.63. The zero-order valence-electron chi connectivity index (χ0n) is 19.2. The molecule has 0 aromatic heterocycles. The number of guanidine groups is 1. The summed E-state index contributed by atoms with van der Waals surface area (Å²) in [5.74, 6) is 0.797. The molecular formula is C24H41N5O. The Morgan fingerprint density at radius 2 is 1.83 bits per heavy atom. The number of aliphatic imine (C=N–C) groups is 1. The fourth-order valence-corrected chi connectivity index (χ4v) is 4.50. The Balaban J connectivity index is 1.47. The van der Waals surface area contributed by atoms with E-state index in [2.05, 4.69) is 65.5 Å². The number of piperidine rings is 1. The molecule has 2 aliphatic rings. The number of aliphatic hydroxyl groups is 1. The van der Waals surface area contributed by atoms with Crippen LogP contribution in [0.5, 0.6) is 0 Å². The molecule has 2 aliphatic heterocycles. The monoisotopic (exact) mass is 415 g/mol. The molecule has 1 saturated heterocycles. The van der Waals surface area contributed by atoms with Crippen molar-refractivity contribution in [2.75, 3.05) is 45.8 Å². The average molecular weight is 416 g/mol. The van der Waals surface area contributed by atoms with Crippen molar-refractivity contribution in [1.29, 1.82) is 0 Å². The van der Waals surface area contributed by atoms with Crippen LogP contribution in [0.15, 0.2) is 29.3 Å². The third-order valence-electron chi connectivity index (χ3n) is 6.36. The summed E-state index contributed by atoms with van der Waals surface area (Å²) in [6.07, 6.45) is 4.57. The van der Waals surface area contributed by atoms with Crippen LogP contribution in [0.3, 0.4) is 0 Å². The first-order chi connectivity index (χ1) is 14.5. The zero-order chi connectivity index (χ0) is 21.4. The summed E-state index contributed by atoms with van der Waals surface area (Å²) >= 11 is 0. The number of nitrogens with zero attached hydrogens (tertiary/aromatic N) is 3. The Morgan fingerprint density at radius 1 is 1.10 bits per heavy atom. The number of aliphatic hydroxyl groups excluding tert-OH is 1. The lowest BCUT2D eigenvalue weighted by Crippen LogP contribution is -2.50. The molecule has 1 atom stereocenters. The Bertz CT molecular complexity index is 684. The van der Waals surface area contributed by atoms with Crippen LogP contribution < -0.4 is 10.6 Å². The summed E-state index contributed by atoms with van der Waals surface area (Å²) < 4.78 is 0. The number of β-amino-alcohol motifs (C(OH)–C–C–N with tert-alkyl or cyclic N) is 1. The largest absolute Gasteiger partial charge is 0.390 e. The Labute approximate surface area is 182 Å². The summed E-state index contributed by atoms with van der Waals surface area (Å²) in [7, 11) is 0. The molecule has 0 bridgehead atoms. The van der Waals surface area contributed by atoms with Gasteiger partial charge in [-0.1, -0.05) is 30.7 Å². The Kier molecular flexibility index (Phi) is 8.54. The molecule has 3 rings (SSSR count). The van der Waals surface area contributed by atoms with Crippen molar-refractivity contribution < 1.29 is 5.11 Å². The topological polar surface area (TPSA) is 63.1 Å². The maximum absolute atomic E-state index is 10.6. The lowest BCUT2D eigenvalue weighted by molar-refractivity contribution is 0.102. The summed E-state index contributed by atoms with van der Waals surface area (Å²) in [5.41, 5.74) is 2.89. The molecule has 0 radical (unpaired) electrons. The van der Waals surface area contributed by atoms with Gasteiger partial charge in [-0.05, 0) is 64.3 Å². The maximum Gasteiger partial charge on any atom is 0.191 e. The Morgan fingerprint density at radius 3 is 2.57 bits per heavy atom. The van der Waals surface area contributed by atoms with E-state index in [-0.39, 0.29) is 5.54 Å². The van der Waals surface area contributed by atoms with Gasteiger partial charge in [-0.2, -0.15) is 0 Å². The van der Waals surface area contributed by atoms with Crippen LogP contribution in [0.2, 0.25) is 0 Å². The predicted octanol–water partition coefficient (Wildman–Crippen LogP) is 2.23. The molecule has 0 saturated carbocycles. The van der Waals surface area contributed by atoms with Gasteiger partial charge in [-0.3, -0.25) is 14.8 Å². The van der Waals surface area contributed by atoms with Crippen LogP contribution in [0.1, 0.15) is 51.2 Å². The highest BCUT2D eigenvalue weighted by atomic mass is 16.3. The van der Waals surface area contributed by atoms with Crippen molar-refractivity contribution in [1.82, 2.24) is 20.4 Å². The minimum Gasteiger partial charge on any atom is -0.390 e. The van der Waals surface area contributed by atoms with Crippen molar-refractivity contribution in [2.24, 2.45) is 4.99 Å². The summed E-state index contributed by atoms with van der Waals surface area (Å²) in [6.45, 7) is 13.7. The molecule has 168 valence electrons. The van der Waals surface area contributed by atoms with Crippen molar-refractivity contribution in [3.63, 3.8) is 0 Å². The number of fused-ring (bicyclic) bond motifs is 1. The van der Waals surface area contributed by atoms with Gasteiger partial charge >= 0.3 is 0 Å². The summed E-state index contributed by atoms with van der Waals surface area (Å²) in [4.78, 5) is 9.74. The van der Waals surface area contributed by atoms with E-state index in [1.807, 2.05) is 0 Å². The van der Waals surface area contributed by atoms with Crippen molar-refractivity contribution in [2.45, 2.75) is 64.6 Å². The number of hydrogen-bond donors (Lipinski definition) is 3. The molecule has 0 spiro atoms. The molecule has 1 aromatic rings. The van der Waals surface area contributed by atoms with Crippen molar-refractivity contribution in [3.05, 3.63) is 35.4 Å². The number of likely N-dealkylation sites (tertiary alicyclic amines) is 1. The molecule has 6 nitrogen and oxygen atoms in total. The molecule has 1 fully saturated rings. The van der Waals surface area contributed by atoms with Gasteiger partial charge in [0.2, 0.25) is 0 Å². The highest BCUT2D eigenvalue weighted by Crippen LogP contribution is 2.21. The maximum atomic E-state index is 10.6. The number of hydrogen-bond acceptors (Lipinski definition) is 4. The van der Waals surface area contributed by atoms with E-state index in [9.17, 15) is 5.11 Å². The second kappa shape index (κ2) is 11.1. The van der Waals surface area contributed by atoms with Crippen LogP contribution in [0.4, 0.5) is 0 Å². The second-order valence-electron chi connectivity index (χ2n) is 9.34. The number of nitrogens with one attached hydrogen (secondary N) is 2. The fraction of sp³-hybridized carbons (Fsp3) is 0.708. The number of rotatable bonds is 8. The van der Waals surface area contributed by atoms with Gasteiger partial charge in [0.05, 0.1) is 12.6 Å². The van der Waals surface area contributed by atoms with Gasteiger partial charge < -0.3 is 15.7 Å². The molecular weight excluding hydrogens is 374 g/mol. The normalized spacial score (nSPS) is 19.9. The lowest BCUT2D eigenvalue weighted by Gasteiger charge is -2.40. The van der Waals surface area contributed by atoms with Gasteiger partial charge in [-0.25, -0.2) is 0 Å². The van der Waals surface area contributed by atoms with Gasteiger partial charge in [0.1, 0.15) is 0 Å². The quantitative estimate of drug-likeness (QED) is 0.449. The smallest absolute Gasteiger partial charge is 0.191 e. The van der Waals surface area contributed by atoms with Gasteiger partial charge in [-0.15, -0.1) is 0 Å². The zero-order valence-corrected chi connectivity index (χ0v) is 19.2. The van der Waals surface area contributed by atoms with Crippen molar-refractivity contribution >= 4 is 5.96 Å². The molecule has 1 aromatic carbocycles. The van der Waals surface area contributed by atoms with Gasteiger partial charge in [0, 0.05) is 38.3 Å². The van der Waals surface area contributed by atoms with E-state index in [1.165, 1.54) is 43.5 Å². The number of benzene rings is 1. The molecule has 30 heavy (non-hydrogen) atoms. The second-order valence-corrected chi connectivity index (χ2v) is 9.34. The van der Waals surface area contributed by atoms with E-state index in [1.54, 1.807) is 0 Å². The first kappa shape index (κ1) is 23.0. The van der Waals surface area contributed by atoms with E-state index in [0.29, 0.717) is 13.1 Å². The highest BCUT2D eigenvalue weighted by Gasteiger charge is 2.27. The molecule has 0 aliphatic carbocycles. The van der Waals surface area contributed by atoms with Gasteiger partial charge in [0.15, 0.2) is 5.96 Å². The minimum absolute atomic E-state index is 0.0581. The van der Waals surface area contributed by atoms with Crippen LogP contribution in [-0.4, -0.2) is 78.3 Å². The summed E-state index contributed by atoms with van der Waals surface area (Å²) in [5, 5.41) is 17.3. The third-order valence-corrected chi connectivity index (χ3v) is 6.36. The molecule has 1 unspecified atom stereocenters. The molecule has 2 heterocycles. The van der Waals surface area contributed by atoms with Crippen LogP contribution in [0.25, 0.3) is 0 Å². The molecule has 0 amide bonds. The average Bonchev–Trinajstić information content (AvgIpc) is 2.76. The molecule has 6 heteroatoms. The van der Waals surface area contributed by atoms with E-state index >= 15 is 0 Å². The van der Waals surface area contributed by atoms with E-state index < -0.39 is 6.10 Å². The standard InChI is InChI=1S/C24H41N5O/c1-4-25-23(27-19-24(2,3)29-13-8-5-9-14-29)26-16-22(30)18-28-15-12-20-10-6-7-11-21(20)17-28/h6-7,10-11,22,30H,4-5,8-9,12-19H2,1-3H3,(H2,25,26,27). The minimum atomic E-state index is -0.422. The van der Waals surface area contributed by atoms with Crippen LogP contribution >= 0.6 is 0 Å². The van der Waals surface area contributed by atoms with Crippen LogP contribution in [0, 0.1) is 0 Å². The lowest BCUT2D eigenvalue weighted by atomic mass is 9.99. The fourth-order valence-electron chi connectivity index (χ4n) is 4.50. The highest BCUT2D eigenvalue weighted by molar-refractivity contribution is 5.79. The SMILES string of the molecule is CCNC(=NCC(C)(C)N1CCCCC1)NCC(O)CN1CCc2ccccc2C1. The molecule has 3 N–H and O–H groups in total. The third kappa shape index (κ3) is 6.69. The summed E-state index contributed by atoms with van der Waals surface area (Å²) in [6, 6.07) is 8.63.